The third-order valence-electron chi connectivity index (χ3n) is 5.96. The first-order valence-corrected chi connectivity index (χ1v) is 11.2. The average Bonchev–Trinajstić information content (AvgIpc) is 3.45. The average molecular weight is 531 g/mol. The molecule has 1 aliphatic rings. The normalized spacial score (nSPS) is 17.0. The molecule has 1 aliphatic carbocycles. The lowest BCUT2D eigenvalue weighted by atomic mass is 9.81. The molecule has 3 aromatic rings. The van der Waals surface area contributed by atoms with Crippen LogP contribution in [0, 0.1) is 12.8 Å². The number of nitrogens with one attached hydrogen (secondary N) is 2. The molecule has 11 nitrogen and oxygen atoms in total. The van der Waals surface area contributed by atoms with Gasteiger partial charge in [-0.05, 0) is 42.5 Å². The molecule has 0 bridgehead atoms. The Hall–Kier alpha value is -3.69. The largest absolute Gasteiger partial charge is 0.523 e. The number of fused-ring (bicyclic) bond motifs is 1. The highest BCUT2D eigenvalue weighted by Crippen LogP contribution is 2.41. The number of alkyl halides is 5. The molecule has 37 heavy (non-hydrogen) atoms. The van der Waals surface area contributed by atoms with E-state index in [-0.39, 0.29) is 49.5 Å². The lowest BCUT2D eigenvalue weighted by molar-refractivity contribution is -0.321. The summed E-state index contributed by atoms with van der Waals surface area (Å²) < 4.78 is 73.2. The van der Waals surface area contributed by atoms with E-state index in [1.54, 1.807) is 12.3 Å². The van der Waals surface area contributed by atoms with E-state index in [1.807, 2.05) is 0 Å². The number of rotatable bonds is 8. The zero-order chi connectivity index (χ0) is 26.8. The smallest absolute Gasteiger partial charge is 0.350 e. The van der Waals surface area contributed by atoms with Crippen LogP contribution in [0.2, 0.25) is 0 Å². The molecule has 2 amide bonds. The van der Waals surface area contributed by atoms with Crippen LogP contribution in [0.15, 0.2) is 23.1 Å². The molecule has 0 aliphatic heterocycles. The van der Waals surface area contributed by atoms with Gasteiger partial charge in [-0.3, -0.25) is 14.3 Å². The molecule has 16 heteroatoms. The minimum atomic E-state index is -4.92. The van der Waals surface area contributed by atoms with Gasteiger partial charge in [-0.15, -0.1) is 13.2 Å². The first-order valence-electron chi connectivity index (χ1n) is 11.2. The minimum absolute atomic E-state index is 0.0411. The maximum Gasteiger partial charge on any atom is 0.523 e. The SMILES string of the molecule is Cc1nonc1C(=O)N[C@H](c1cn2ncc(CNC(=O)COC(F)(F)F)cc2n1)C1CCC(F)(F)CC1. The van der Waals surface area contributed by atoms with Crippen molar-refractivity contribution in [1.82, 2.24) is 35.5 Å². The van der Waals surface area contributed by atoms with Crippen LogP contribution in [0.3, 0.4) is 0 Å². The van der Waals surface area contributed by atoms with Crippen molar-refractivity contribution < 1.29 is 40.9 Å². The third-order valence-corrected chi connectivity index (χ3v) is 5.96. The van der Waals surface area contributed by atoms with Crippen LogP contribution in [0.5, 0.6) is 0 Å². The van der Waals surface area contributed by atoms with E-state index in [0.29, 0.717) is 16.9 Å². The second-order valence-electron chi connectivity index (χ2n) is 8.69. The number of nitrogens with zero attached hydrogens (tertiary/aromatic N) is 5. The Balaban J connectivity index is 1.51. The van der Waals surface area contributed by atoms with Crippen molar-refractivity contribution >= 4 is 17.5 Å². The molecule has 0 radical (unpaired) electrons. The van der Waals surface area contributed by atoms with Crippen LogP contribution in [0.4, 0.5) is 22.0 Å². The van der Waals surface area contributed by atoms with E-state index >= 15 is 0 Å². The summed E-state index contributed by atoms with van der Waals surface area (Å²) in [6.45, 7) is 0.211. The number of aryl methyl sites for hydroxylation is 1. The van der Waals surface area contributed by atoms with Gasteiger partial charge in [-0.25, -0.2) is 22.9 Å². The highest BCUT2D eigenvalue weighted by molar-refractivity contribution is 5.93. The van der Waals surface area contributed by atoms with Gasteiger partial charge >= 0.3 is 6.36 Å². The topological polar surface area (TPSA) is 137 Å². The fourth-order valence-electron chi connectivity index (χ4n) is 4.06. The second-order valence-corrected chi connectivity index (χ2v) is 8.69. The summed E-state index contributed by atoms with van der Waals surface area (Å²) in [5.74, 6) is -4.70. The van der Waals surface area contributed by atoms with Crippen molar-refractivity contribution in [3.63, 3.8) is 0 Å². The van der Waals surface area contributed by atoms with Gasteiger partial charge in [0.1, 0.15) is 12.3 Å². The maximum atomic E-state index is 13.8. The van der Waals surface area contributed by atoms with Gasteiger partial charge in [-0.1, -0.05) is 5.16 Å². The van der Waals surface area contributed by atoms with Gasteiger partial charge in [0.25, 0.3) is 5.91 Å². The Morgan fingerprint density at radius 3 is 2.65 bits per heavy atom. The fraction of sp³-hybridized carbons (Fsp3) is 0.524. The lowest BCUT2D eigenvalue weighted by Crippen LogP contribution is -2.37. The highest BCUT2D eigenvalue weighted by atomic mass is 19.4. The Bertz CT molecular complexity index is 1270. The molecular formula is C21H22F5N7O4. The Labute approximate surface area is 205 Å². The summed E-state index contributed by atoms with van der Waals surface area (Å²) in [4.78, 5) is 28.9. The Morgan fingerprint density at radius 1 is 1.27 bits per heavy atom. The van der Waals surface area contributed by atoms with E-state index in [2.05, 4.69) is 40.4 Å². The maximum absolute atomic E-state index is 13.8. The molecule has 1 atom stereocenters. The van der Waals surface area contributed by atoms with Crippen LogP contribution in [-0.2, 0) is 16.1 Å². The van der Waals surface area contributed by atoms with Crippen molar-refractivity contribution in [2.24, 2.45) is 5.92 Å². The summed E-state index contributed by atoms with van der Waals surface area (Å²) in [5.41, 5.74) is 1.33. The molecule has 0 saturated heterocycles. The third kappa shape index (κ3) is 6.75. The molecular weight excluding hydrogens is 509 g/mol. The number of hydrogen-bond donors (Lipinski definition) is 2. The van der Waals surface area contributed by atoms with Crippen molar-refractivity contribution in [2.45, 2.75) is 57.5 Å². The second kappa shape index (κ2) is 10.4. The predicted octanol–water partition coefficient (Wildman–Crippen LogP) is 2.87. The molecule has 0 spiro atoms. The number of halogens is 5. The van der Waals surface area contributed by atoms with E-state index in [0.717, 1.165) is 0 Å². The van der Waals surface area contributed by atoms with Crippen LogP contribution in [0.25, 0.3) is 5.65 Å². The summed E-state index contributed by atoms with van der Waals surface area (Å²) in [5, 5.41) is 16.4. The van der Waals surface area contributed by atoms with Crippen LogP contribution >= 0.6 is 0 Å². The van der Waals surface area contributed by atoms with Crippen LogP contribution in [0.1, 0.15) is 59.2 Å². The molecule has 1 fully saturated rings. The molecule has 0 aromatic carbocycles. The van der Waals surface area contributed by atoms with Gasteiger partial charge in [0.2, 0.25) is 11.8 Å². The van der Waals surface area contributed by atoms with Crippen molar-refractivity contribution in [3.05, 3.63) is 41.1 Å². The predicted molar refractivity (Wildman–Crippen MR) is 113 cm³/mol. The number of amides is 2. The zero-order valence-corrected chi connectivity index (χ0v) is 19.4. The van der Waals surface area contributed by atoms with Crippen molar-refractivity contribution in [3.8, 4) is 0 Å². The summed E-state index contributed by atoms with van der Waals surface area (Å²) in [6.07, 6.45) is -2.38. The van der Waals surface area contributed by atoms with Gasteiger partial charge < -0.3 is 10.6 Å². The number of imidazole rings is 1. The molecule has 0 unspecified atom stereocenters. The molecule has 200 valence electrons. The molecule has 1 saturated carbocycles. The van der Waals surface area contributed by atoms with Gasteiger partial charge in [-0.2, -0.15) is 5.10 Å². The summed E-state index contributed by atoms with van der Waals surface area (Å²) in [6, 6.07) is 0.796. The number of carbonyl (C=O) groups excluding carboxylic acids is 2. The number of aromatic nitrogens is 5. The highest BCUT2D eigenvalue weighted by Gasteiger charge is 2.39. The zero-order valence-electron chi connectivity index (χ0n) is 19.4. The molecule has 3 heterocycles. The number of carbonyl (C=O) groups is 2. The molecule has 4 rings (SSSR count). The van der Waals surface area contributed by atoms with E-state index in [1.165, 1.54) is 17.6 Å². The Kier molecular flexibility index (Phi) is 7.38. The number of ether oxygens (including phenoxy) is 1. The standard InChI is InChI=1S/C21H22F5N7O4/c1-11-17(32-37-31-11)19(35)30-18(13-2-4-20(22,23)5-3-13)14-9-33-15(29-14)6-12(8-28-33)7-27-16(34)10-36-21(24,25)26/h6,8-9,13,18H,2-5,7,10H2,1H3,(H,27,34)(H,30,35)/t18-/m0/s1. The van der Waals surface area contributed by atoms with Crippen LogP contribution in [-0.4, -0.2) is 55.6 Å². The first kappa shape index (κ1) is 26.4. The van der Waals surface area contributed by atoms with Crippen LogP contribution < -0.4 is 10.6 Å². The van der Waals surface area contributed by atoms with E-state index < -0.39 is 36.7 Å². The number of hydrogen-bond acceptors (Lipinski definition) is 8. The lowest BCUT2D eigenvalue weighted by Gasteiger charge is -2.33. The van der Waals surface area contributed by atoms with E-state index in [9.17, 15) is 31.5 Å². The minimum Gasteiger partial charge on any atom is -0.350 e. The van der Waals surface area contributed by atoms with Crippen molar-refractivity contribution in [1.29, 1.82) is 0 Å². The van der Waals surface area contributed by atoms with Gasteiger partial charge in [0.05, 0.1) is 24.1 Å². The van der Waals surface area contributed by atoms with Gasteiger partial charge in [0, 0.05) is 19.4 Å². The fourth-order valence-corrected chi connectivity index (χ4v) is 4.06. The summed E-state index contributed by atoms with van der Waals surface area (Å²) in [7, 11) is 0. The molecule has 2 N–H and O–H groups in total. The molecule has 3 aromatic heterocycles. The monoisotopic (exact) mass is 531 g/mol. The Morgan fingerprint density at radius 2 is 2.00 bits per heavy atom. The summed E-state index contributed by atoms with van der Waals surface area (Å²) >= 11 is 0. The quantitative estimate of drug-likeness (QED) is 0.424. The first-order chi connectivity index (χ1) is 17.4. The van der Waals surface area contributed by atoms with E-state index in [4.69, 9.17) is 0 Å². The van der Waals surface area contributed by atoms with Gasteiger partial charge in [0.15, 0.2) is 11.3 Å². The van der Waals surface area contributed by atoms with Crippen molar-refractivity contribution in [2.75, 3.05) is 6.61 Å².